The van der Waals surface area contributed by atoms with Crippen molar-refractivity contribution in [2.24, 2.45) is 0 Å². The van der Waals surface area contributed by atoms with Gasteiger partial charge in [0.15, 0.2) is 11.5 Å². The van der Waals surface area contributed by atoms with Crippen LogP contribution in [-0.4, -0.2) is 47.2 Å². The van der Waals surface area contributed by atoms with Gasteiger partial charge in [0, 0.05) is 19.6 Å². The number of aromatic hydroxyl groups is 2. The fraction of sp³-hybridized carbons (Fsp3) is 0.462. The van der Waals surface area contributed by atoms with Crippen molar-refractivity contribution >= 4 is 5.91 Å². The van der Waals surface area contributed by atoms with E-state index in [2.05, 4.69) is 5.32 Å². The van der Waals surface area contributed by atoms with Gasteiger partial charge in [-0.1, -0.05) is 6.07 Å². The topological polar surface area (TPSA) is 72.8 Å². The van der Waals surface area contributed by atoms with Crippen molar-refractivity contribution in [2.45, 2.75) is 18.9 Å². The van der Waals surface area contributed by atoms with Crippen LogP contribution in [0.1, 0.15) is 23.2 Å². The lowest BCUT2D eigenvalue weighted by Crippen LogP contribution is -2.46. The van der Waals surface area contributed by atoms with Crippen LogP contribution in [0.3, 0.4) is 0 Å². The number of phenolic OH excluding ortho intramolecular Hbond substituents is 2. The molecule has 0 radical (unpaired) electrons. The maximum absolute atomic E-state index is 12.2. The van der Waals surface area contributed by atoms with Gasteiger partial charge >= 0.3 is 0 Å². The molecule has 0 bridgehead atoms. The second-order valence-electron chi connectivity index (χ2n) is 4.59. The summed E-state index contributed by atoms with van der Waals surface area (Å²) in [6, 6.07) is 4.56. The highest BCUT2D eigenvalue weighted by atomic mass is 16.3. The Morgan fingerprint density at radius 2 is 2.22 bits per heavy atom. The summed E-state index contributed by atoms with van der Waals surface area (Å²) >= 11 is 0. The molecule has 3 N–H and O–H groups in total. The summed E-state index contributed by atoms with van der Waals surface area (Å²) in [5, 5.41) is 22.4. The first kappa shape index (κ1) is 12.7. The molecule has 1 heterocycles. The summed E-state index contributed by atoms with van der Waals surface area (Å²) in [6.45, 7) is 1.75. The van der Waals surface area contributed by atoms with Gasteiger partial charge in [-0.3, -0.25) is 4.79 Å². The third-order valence-corrected chi connectivity index (χ3v) is 3.38. The summed E-state index contributed by atoms with van der Waals surface area (Å²) in [6.07, 6.45) is 1.99. The number of piperidine rings is 1. The number of nitrogens with one attached hydrogen (secondary N) is 1. The second-order valence-corrected chi connectivity index (χ2v) is 4.59. The number of nitrogens with zero attached hydrogens (tertiary/aromatic N) is 1. The minimum atomic E-state index is -0.349. The van der Waals surface area contributed by atoms with Crippen LogP contribution >= 0.6 is 0 Å². The predicted molar refractivity (Wildman–Crippen MR) is 67.8 cm³/mol. The third kappa shape index (κ3) is 2.41. The molecule has 1 unspecified atom stereocenters. The van der Waals surface area contributed by atoms with Crippen LogP contribution in [0.15, 0.2) is 18.2 Å². The van der Waals surface area contributed by atoms with Gasteiger partial charge in [0.1, 0.15) is 0 Å². The molecule has 1 aliphatic heterocycles. The van der Waals surface area contributed by atoms with Gasteiger partial charge in [0.05, 0.1) is 5.56 Å². The largest absolute Gasteiger partial charge is 0.504 e. The van der Waals surface area contributed by atoms with Gasteiger partial charge in [-0.25, -0.2) is 0 Å². The molecule has 0 aliphatic carbocycles. The highest BCUT2D eigenvalue weighted by molar-refractivity contribution is 5.97. The zero-order valence-corrected chi connectivity index (χ0v) is 10.4. The summed E-state index contributed by atoms with van der Waals surface area (Å²) in [7, 11) is 1.73. The van der Waals surface area contributed by atoms with Crippen LogP contribution < -0.4 is 5.32 Å². The zero-order chi connectivity index (χ0) is 13.1. The zero-order valence-electron chi connectivity index (χ0n) is 10.4. The lowest BCUT2D eigenvalue weighted by atomic mass is 10.0. The van der Waals surface area contributed by atoms with Crippen molar-refractivity contribution < 1.29 is 15.0 Å². The van der Waals surface area contributed by atoms with Crippen LogP contribution in [0.4, 0.5) is 0 Å². The van der Waals surface area contributed by atoms with E-state index in [0.29, 0.717) is 0 Å². The molecule has 1 aliphatic rings. The Morgan fingerprint density at radius 3 is 2.89 bits per heavy atom. The van der Waals surface area contributed by atoms with Crippen LogP contribution in [0, 0.1) is 0 Å². The molecule has 1 fully saturated rings. The minimum Gasteiger partial charge on any atom is -0.504 e. The maximum Gasteiger partial charge on any atom is 0.257 e. The minimum absolute atomic E-state index is 0.132. The first-order chi connectivity index (χ1) is 8.61. The Morgan fingerprint density at radius 1 is 1.44 bits per heavy atom. The molecule has 2 rings (SSSR count). The normalized spacial score (nSPS) is 19.5. The van der Waals surface area contributed by atoms with Gasteiger partial charge in [-0.05, 0) is 31.5 Å². The van der Waals surface area contributed by atoms with Crippen molar-refractivity contribution in [3.05, 3.63) is 23.8 Å². The lowest BCUT2D eigenvalue weighted by molar-refractivity contribution is 0.0704. The average Bonchev–Trinajstić information content (AvgIpc) is 2.41. The van der Waals surface area contributed by atoms with Crippen LogP contribution in [0.2, 0.25) is 0 Å². The number of amides is 1. The van der Waals surface area contributed by atoms with E-state index in [1.54, 1.807) is 18.0 Å². The molecule has 0 aromatic heterocycles. The summed E-state index contributed by atoms with van der Waals surface area (Å²) < 4.78 is 0. The van der Waals surface area contributed by atoms with E-state index >= 15 is 0 Å². The van der Waals surface area contributed by atoms with Crippen molar-refractivity contribution in [2.75, 3.05) is 20.1 Å². The fourth-order valence-corrected chi connectivity index (χ4v) is 2.22. The fourth-order valence-electron chi connectivity index (χ4n) is 2.22. The predicted octanol–water partition coefficient (Wildman–Crippen LogP) is 0.922. The van der Waals surface area contributed by atoms with Crippen molar-refractivity contribution in [3.63, 3.8) is 0 Å². The van der Waals surface area contributed by atoms with Gasteiger partial charge in [0.2, 0.25) is 0 Å². The number of phenols is 2. The summed E-state index contributed by atoms with van der Waals surface area (Å²) in [5.74, 6) is -0.883. The molecular formula is C13H18N2O3. The maximum atomic E-state index is 12.2. The lowest BCUT2D eigenvalue weighted by Gasteiger charge is -2.31. The molecule has 1 aromatic rings. The van der Waals surface area contributed by atoms with E-state index in [9.17, 15) is 15.0 Å². The van der Waals surface area contributed by atoms with E-state index < -0.39 is 0 Å². The Balaban J connectivity index is 2.17. The van der Waals surface area contributed by atoms with Gasteiger partial charge in [0.25, 0.3) is 5.91 Å². The standard InChI is InChI=1S/C13H18N2O3/c1-15(9-4-3-7-14-8-9)13(18)10-5-2-6-11(16)12(10)17/h2,5-6,9,14,16-17H,3-4,7-8H2,1H3. The molecular weight excluding hydrogens is 232 g/mol. The Labute approximate surface area is 106 Å². The van der Waals surface area contributed by atoms with Crippen LogP contribution in [0.5, 0.6) is 11.5 Å². The smallest absolute Gasteiger partial charge is 0.257 e. The SMILES string of the molecule is CN(C(=O)c1cccc(O)c1O)C1CCCNC1. The van der Waals surface area contributed by atoms with E-state index in [4.69, 9.17) is 0 Å². The molecule has 18 heavy (non-hydrogen) atoms. The summed E-state index contributed by atoms with van der Waals surface area (Å²) in [5.41, 5.74) is 0.142. The van der Waals surface area contributed by atoms with E-state index in [1.165, 1.54) is 12.1 Å². The van der Waals surface area contributed by atoms with Gasteiger partial charge in [-0.15, -0.1) is 0 Å². The monoisotopic (exact) mass is 250 g/mol. The molecule has 5 heteroatoms. The van der Waals surface area contributed by atoms with Crippen molar-refractivity contribution in [1.82, 2.24) is 10.2 Å². The molecule has 1 atom stereocenters. The van der Waals surface area contributed by atoms with Gasteiger partial charge in [-0.2, -0.15) is 0 Å². The highest BCUT2D eigenvalue weighted by Crippen LogP contribution is 2.29. The first-order valence-corrected chi connectivity index (χ1v) is 6.10. The van der Waals surface area contributed by atoms with Crippen molar-refractivity contribution in [1.29, 1.82) is 0 Å². The number of hydrogen-bond acceptors (Lipinski definition) is 4. The molecule has 0 saturated carbocycles. The van der Waals surface area contributed by atoms with E-state index in [0.717, 1.165) is 25.9 Å². The quantitative estimate of drug-likeness (QED) is 0.682. The highest BCUT2D eigenvalue weighted by Gasteiger charge is 2.25. The molecule has 1 saturated heterocycles. The summed E-state index contributed by atoms with van der Waals surface area (Å²) in [4.78, 5) is 13.9. The van der Waals surface area contributed by atoms with E-state index in [-0.39, 0.29) is 29.0 Å². The molecule has 1 aromatic carbocycles. The molecule has 5 nitrogen and oxygen atoms in total. The molecule has 98 valence electrons. The van der Waals surface area contributed by atoms with Crippen LogP contribution in [0.25, 0.3) is 0 Å². The van der Waals surface area contributed by atoms with Gasteiger partial charge < -0.3 is 20.4 Å². The number of likely N-dealkylation sites (N-methyl/N-ethyl adjacent to an activating group) is 1. The number of carbonyl (C=O) groups excluding carboxylic acids is 1. The number of para-hydroxylation sites is 1. The number of hydrogen-bond donors (Lipinski definition) is 3. The Kier molecular flexibility index (Phi) is 3.72. The first-order valence-electron chi connectivity index (χ1n) is 6.10. The number of carbonyl (C=O) groups is 1. The number of rotatable bonds is 2. The number of benzene rings is 1. The van der Waals surface area contributed by atoms with Crippen molar-refractivity contribution in [3.8, 4) is 11.5 Å². The average molecular weight is 250 g/mol. The third-order valence-electron chi connectivity index (χ3n) is 3.38. The molecule has 0 spiro atoms. The second kappa shape index (κ2) is 5.27. The van der Waals surface area contributed by atoms with E-state index in [1.807, 2.05) is 0 Å². The Hall–Kier alpha value is -1.75. The van der Waals surface area contributed by atoms with Crippen LogP contribution in [-0.2, 0) is 0 Å². The molecule has 1 amide bonds. The Bertz CT molecular complexity index is 442.